The SMILES string of the molecule is COc1cccc(CN(C)C(=O)NCC2CCC(C(N)=O)CC2)n1. The van der Waals surface area contributed by atoms with Crippen molar-refractivity contribution in [2.24, 2.45) is 17.6 Å². The van der Waals surface area contributed by atoms with Gasteiger partial charge in [0.05, 0.1) is 19.3 Å². The molecule has 2 rings (SSSR count). The van der Waals surface area contributed by atoms with Gasteiger partial charge in [0, 0.05) is 25.6 Å². The Bertz CT molecular complexity index is 571. The third kappa shape index (κ3) is 5.11. The van der Waals surface area contributed by atoms with E-state index >= 15 is 0 Å². The number of nitrogens with one attached hydrogen (secondary N) is 1. The van der Waals surface area contributed by atoms with Gasteiger partial charge >= 0.3 is 6.03 Å². The molecule has 0 unspecified atom stereocenters. The molecule has 0 atom stereocenters. The van der Waals surface area contributed by atoms with Crippen molar-refractivity contribution < 1.29 is 14.3 Å². The Morgan fingerprint density at radius 1 is 1.33 bits per heavy atom. The van der Waals surface area contributed by atoms with Crippen molar-refractivity contribution in [1.29, 1.82) is 0 Å². The molecule has 1 heterocycles. The van der Waals surface area contributed by atoms with Crippen molar-refractivity contribution in [2.45, 2.75) is 32.2 Å². The zero-order valence-corrected chi connectivity index (χ0v) is 14.3. The van der Waals surface area contributed by atoms with Gasteiger partial charge in [-0.15, -0.1) is 0 Å². The molecule has 132 valence electrons. The largest absolute Gasteiger partial charge is 0.481 e. The van der Waals surface area contributed by atoms with Crippen LogP contribution >= 0.6 is 0 Å². The Morgan fingerprint density at radius 2 is 2.04 bits per heavy atom. The lowest BCUT2D eigenvalue weighted by atomic mass is 9.82. The molecular weight excluding hydrogens is 308 g/mol. The van der Waals surface area contributed by atoms with Gasteiger partial charge in [0.15, 0.2) is 0 Å². The Labute approximate surface area is 142 Å². The number of amides is 3. The van der Waals surface area contributed by atoms with E-state index in [9.17, 15) is 9.59 Å². The normalized spacial score (nSPS) is 20.2. The maximum absolute atomic E-state index is 12.2. The summed E-state index contributed by atoms with van der Waals surface area (Å²) in [7, 11) is 3.30. The number of hydrogen-bond acceptors (Lipinski definition) is 4. The van der Waals surface area contributed by atoms with Gasteiger partial charge in [0.2, 0.25) is 11.8 Å². The molecule has 0 saturated heterocycles. The summed E-state index contributed by atoms with van der Waals surface area (Å²) in [6.07, 6.45) is 3.49. The molecule has 0 radical (unpaired) electrons. The summed E-state index contributed by atoms with van der Waals surface area (Å²) in [5, 5.41) is 2.96. The topological polar surface area (TPSA) is 97.5 Å². The van der Waals surface area contributed by atoms with E-state index in [-0.39, 0.29) is 17.9 Å². The molecule has 0 aliphatic heterocycles. The van der Waals surface area contributed by atoms with Gasteiger partial charge in [-0.05, 0) is 37.7 Å². The molecule has 0 aromatic carbocycles. The Hall–Kier alpha value is -2.31. The summed E-state index contributed by atoms with van der Waals surface area (Å²) in [5.74, 6) is 0.738. The fourth-order valence-corrected chi connectivity index (χ4v) is 2.99. The maximum atomic E-state index is 12.2. The van der Waals surface area contributed by atoms with Gasteiger partial charge in [-0.2, -0.15) is 0 Å². The van der Waals surface area contributed by atoms with Crippen molar-refractivity contribution in [2.75, 3.05) is 20.7 Å². The maximum Gasteiger partial charge on any atom is 0.317 e. The molecule has 1 aliphatic carbocycles. The molecule has 1 aromatic heterocycles. The lowest BCUT2D eigenvalue weighted by Gasteiger charge is -2.27. The second kappa shape index (κ2) is 8.52. The van der Waals surface area contributed by atoms with Crippen molar-refractivity contribution in [3.63, 3.8) is 0 Å². The van der Waals surface area contributed by atoms with Crippen LogP contribution in [0.4, 0.5) is 4.79 Å². The van der Waals surface area contributed by atoms with Crippen LogP contribution in [0.1, 0.15) is 31.4 Å². The van der Waals surface area contributed by atoms with Crippen molar-refractivity contribution in [1.82, 2.24) is 15.2 Å². The molecule has 3 N–H and O–H groups in total. The Kier molecular flexibility index (Phi) is 6.40. The molecule has 7 nitrogen and oxygen atoms in total. The van der Waals surface area contributed by atoms with E-state index < -0.39 is 0 Å². The van der Waals surface area contributed by atoms with E-state index in [1.807, 2.05) is 12.1 Å². The second-order valence-electron chi connectivity index (χ2n) is 6.33. The van der Waals surface area contributed by atoms with Crippen molar-refractivity contribution >= 4 is 11.9 Å². The highest BCUT2D eigenvalue weighted by Crippen LogP contribution is 2.28. The standard InChI is InChI=1S/C17H26N4O3/c1-21(11-14-4-3-5-15(20-14)24-2)17(23)19-10-12-6-8-13(9-7-12)16(18)22/h3-5,12-13H,6-11H2,1-2H3,(H2,18,22)(H,19,23). The van der Waals surface area contributed by atoms with Crippen LogP contribution in [-0.2, 0) is 11.3 Å². The number of pyridine rings is 1. The number of carbonyl (C=O) groups is 2. The number of carbonyl (C=O) groups excluding carboxylic acids is 2. The molecule has 3 amide bonds. The highest BCUT2D eigenvalue weighted by atomic mass is 16.5. The van der Waals surface area contributed by atoms with E-state index in [2.05, 4.69) is 10.3 Å². The fraction of sp³-hybridized carbons (Fsp3) is 0.588. The van der Waals surface area contributed by atoms with Crippen molar-refractivity contribution in [3.05, 3.63) is 23.9 Å². The fourth-order valence-electron chi connectivity index (χ4n) is 2.99. The minimum absolute atomic E-state index is 0.00115. The van der Waals surface area contributed by atoms with Crippen LogP contribution in [0.2, 0.25) is 0 Å². The molecule has 1 aliphatic rings. The number of nitrogens with two attached hydrogens (primary N) is 1. The average Bonchev–Trinajstić information content (AvgIpc) is 2.60. The average molecular weight is 334 g/mol. The van der Waals surface area contributed by atoms with Crippen LogP contribution in [0.5, 0.6) is 5.88 Å². The number of rotatable bonds is 6. The van der Waals surface area contributed by atoms with E-state index in [1.165, 1.54) is 0 Å². The quantitative estimate of drug-likeness (QED) is 0.824. The Balaban J connectivity index is 1.75. The first-order valence-electron chi connectivity index (χ1n) is 8.27. The molecular formula is C17H26N4O3. The second-order valence-corrected chi connectivity index (χ2v) is 6.33. The smallest absolute Gasteiger partial charge is 0.317 e. The van der Waals surface area contributed by atoms with Gasteiger partial charge in [-0.25, -0.2) is 9.78 Å². The minimum Gasteiger partial charge on any atom is -0.481 e. The van der Waals surface area contributed by atoms with Crippen LogP contribution in [0.15, 0.2) is 18.2 Å². The molecule has 1 aromatic rings. The van der Waals surface area contributed by atoms with Crippen molar-refractivity contribution in [3.8, 4) is 5.88 Å². The summed E-state index contributed by atoms with van der Waals surface area (Å²) >= 11 is 0. The number of primary amides is 1. The third-order valence-electron chi connectivity index (χ3n) is 4.53. The number of aromatic nitrogens is 1. The van der Waals surface area contributed by atoms with Gasteiger partial charge < -0.3 is 20.7 Å². The van der Waals surface area contributed by atoms with E-state index in [1.54, 1.807) is 25.1 Å². The number of methoxy groups -OCH3 is 1. The van der Waals surface area contributed by atoms with Gasteiger partial charge in [-0.1, -0.05) is 6.07 Å². The zero-order valence-electron chi connectivity index (χ0n) is 14.3. The molecule has 24 heavy (non-hydrogen) atoms. The zero-order chi connectivity index (χ0) is 17.5. The first-order valence-corrected chi connectivity index (χ1v) is 8.27. The summed E-state index contributed by atoms with van der Waals surface area (Å²) < 4.78 is 5.09. The molecule has 0 spiro atoms. The number of hydrogen-bond donors (Lipinski definition) is 2. The molecule has 7 heteroatoms. The number of nitrogens with zero attached hydrogens (tertiary/aromatic N) is 2. The molecule has 1 fully saturated rings. The van der Waals surface area contributed by atoms with E-state index in [0.717, 1.165) is 31.4 Å². The summed E-state index contributed by atoms with van der Waals surface area (Å²) in [6, 6.07) is 5.35. The van der Waals surface area contributed by atoms with E-state index in [0.29, 0.717) is 24.9 Å². The number of urea groups is 1. The summed E-state index contributed by atoms with van der Waals surface area (Å²) in [6.45, 7) is 1.04. The van der Waals surface area contributed by atoms with Crippen LogP contribution in [0, 0.1) is 11.8 Å². The van der Waals surface area contributed by atoms with Crippen LogP contribution in [-0.4, -0.2) is 42.5 Å². The summed E-state index contributed by atoms with van der Waals surface area (Å²) in [5.41, 5.74) is 6.11. The van der Waals surface area contributed by atoms with E-state index in [4.69, 9.17) is 10.5 Å². The summed E-state index contributed by atoms with van der Waals surface area (Å²) in [4.78, 5) is 29.3. The van der Waals surface area contributed by atoms with Crippen LogP contribution in [0.3, 0.4) is 0 Å². The van der Waals surface area contributed by atoms with Crippen LogP contribution in [0.25, 0.3) is 0 Å². The minimum atomic E-state index is -0.206. The van der Waals surface area contributed by atoms with Gasteiger partial charge in [-0.3, -0.25) is 4.79 Å². The third-order valence-corrected chi connectivity index (χ3v) is 4.53. The lowest BCUT2D eigenvalue weighted by molar-refractivity contribution is -0.122. The molecule has 0 bridgehead atoms. The van der Waals surface area contributed by atoms with Gasteiger partial charge in [0.25, 0.3) is 0 Å². The highest BCUT2D eigenvalue weighted by molar-refractivity contribution is 5.76. The molecule has 1 saturated carbocycles. The highest BCUT2D eigenvalue weighted by Gasteiger charge is 2.25. The predicted octanol–water partition coefficient (Wildman–Crippen LogP) is 1.52. The predicted molar refractivity (Wildman–Crippen MR) is 90.3 cm³/mol. The van der Waals surface area contributed by atoms with Gasteiger partial charge in [0.1, 0.15) is 0 Å². The first-order chi connectivity index (χ1) is 11.5. The lowest BCUT2D eigenvalue weighted by Crippen LogP contribution is -2.40. The number of ether oxygens (including phenoxy) is 1. The van der Waals surface area contributed by atoms with Crippen LogP contribution < -0.4 is 15.8 Å². The first kappa shape index (κ1) is 18.0. The Morgan fingerprint density at radius 3 is 2.67 bits per heavy atom. The monoisotopic (exact) mass is 334 g/mol.